The molecule has 5 nitrogen and oxygen atoms in total. The van der Waals surface area contributed by atoms with Gasteiger partial charge in [-0.15, -0.1) is 0 Å². The number of hydrogen-bond acceptors (Lipinski definition) is 5. The monoisotopic (exact) mass is 288 g/mol. The number of carbonyl (C=O) groups is 1. The van der Waals surface area contributed by atoms with Gasteiger partial charge < -0.3 is 9.84 Å². The van der Waals surface area contributed by atoms with E-state index in [2.05, 4.69) is 6.07 Å². The largest absolute Gasteiger partial charge is 0.468 e. The Morgan fingerprint density at radius 2 is 2.33 bits per heavy atom. The normalized spacial score (nSPS) is 21.5. The van der Waals surface area contributed by atoms with Crippen LogP contribution in [-0.4, -0.2) is 42.3 Å². The zero-order valence-electron chi connectivity index (χ0n) is 12.3. The zero-order valence-corrected chi connectivity index (χ0v) is 12.3. The van der Waals surface area contributed by atoms with Crippen molar-refractivity contribution in [3.8, 4) is 6.07 Å². The van der Waals surface area contributed by atoms with Crippen molar-refractivity contribution in [1.82, 2.24) is 4.90 Å². The Kier molecular flexibility index (Phi) is 4.94. The molecule has 3 unspecified atom stereocenters. The number of likely N-dealkylation sites (tertiary alicyclic amines) is 1. The predicted octanol–water partition coefficient (Wildman–Crippen LogP) is 1.48. The van der Waals surface area contributed by atoms with Gasteiger partial charge in [0.1, 0.15) is 6.04 Å². The number of aliphatic hydroxyl groups excluding tert-OH is 1. The summed E-state index contributed by atoms with van der Waals surface area (Å²) in [4.78, 5) is 14.2. The molecule has 1 aromatic carbocycles. The van der Waals surface area contributed by atoms with Gasteiger partial charge in [-0.2, -0.15) is 5.26 Å². The van der Waals surface area contributed by atoms with Crippen molar-refractivity contribution in [2.75, 3.05) is 20.2 Å². The molecule has 1 aliphatic heterocycles. The maximum Gasteiger partial charge on any atom is 0.327 e. The third-order valence-corrected chi connectivity index (χ3v) is 4.06. The van der Waals surface area contributed by atoms with Gasteiger partial charge in [0.15, 0.2) is 0 Å². The molecule has 1 saturated heterocycles. The quantitative estimate of drug-likeness (QED) is 0.849. The highest BCUT2D eigenvalue weighted by molar-refractivity contribution is 5.77. The van der Waals surface area contributed by atoms with Gasteiger partial charge in [0.25, 0.3) is 0 Å². The molecule has 3 atom stereocenters. The SMILES string of the molecule is COC(=O)C(c1cccc(C#N)c1)N1CCC(C(C)O)C1. The number of benzene rings is 1. The van der Waals surface area contributed by atoms with E-state index in [4.69, 9.17) is 10.00 Å². The molecular weight excluding hydrogens is 268 g/mol. The van der Waals surface area contributed by atoms with Gasteiger partial charge in [-0.1, -0.05) is 12.1 Å². The molecule has 1 fully saturated rings. The summed E-state index contributed by atoms with van der Waals surface area (Å²) in [6, 6.07) is 8.59. The summed E-state index contributed by atoms with van der Waals surface area (Å²) in [5.74, 6) is -0.173. The van der Waals surface area contributed by atoms with E-state index in [1.54, 1.807) is 25.1 Å². The van der Waals surface area contributed by atoms with Crippen molar-refractivity contribution in [2.24, 2.45) is 5.92 Å². The second-order valence-corrected chi connectivity index (χ2v) is 5.45. The maximum atomic E-state index is 12.2. The lowest BCUT2D eigenvalue weighted by Crippen LogP contribution is -2.34. The van der Waals surface area contributed by atoms with E-state index in [9.17, 15) is 9.90 Å². The molecule has 0 radical (unpaired) electrons. The minimum atomic E-state index is -0.521. The first-order chi connectivity index (χ1) is 10.1. The summed E-state index contributed by atoms with van der Waals surface area (Å²) in [5.41, 5.74) is 1.28. The highest BCUT2D eigenvalue weighted by atomic mass is 16.5. The fraction of sp³-hybridized carbons (Fsp3) is 0.500. The van der Waals surface area contributed by atoms with Crippen LogP contribution in [0.15, 0.2) is 24.3 Å². The number of rotatable bonds is 4. The van der Waals surface area contributed by atoms with E-state index < -0.39 is 12.1 Å². The van der Waals surface area contributed by atoms with Gasteiger partial charge in [-0.25, -0.2) is 4.79 Å². The summed E-state index contributed by atoms with van der Waals surface area (Å²) < 4.78 is 4.92. The Hall–Kier alpha value is -1.90. The van der Waals surface area contributed by atoms with E-state index >= 15 is 0 Å². The molecular formula is C16H20N2O3. The smallest absolute Gasteiger partial charge is 0.327 e. The van der Waals surface area contributed by atoms with E-state index in [1.807, 2.05) is 11.0 Å². The van der Waals surface area contributed by atoms with Crippen LogP contribution in [0.1, 0.15) is 30.5 Å². The van der Waals surface area contributed by atoms with Crippen molar-refractivity contribution in [3.63, 3.8) is 0 Å². The zero-order chi connectivity index (χ0) is 15.4. The van der Waals surface area contributed by atoms with Gasteiger partial charge in [0.05, 0.1) is 24.8 Å². The number of methoxy groups -OCH3 is 1. The lowest BCUT2D eigenvalue weighted by Gasteiger charge is -2.26. The van der Waals surface area contributed by atoms with E-state index in [1.165, 1.54) is 7.11 Å². The fourth-order valence-corrected chi connectivity index (χ4v) is 2.83. The first-order valence-corrected chi connectivity index (χ1v) is 7.06. The molecule has 1 aromatic rings. The second kappa shape index (κ2) is 6.70. The molecule has 112 valence electrons. The maximum absolute atomic E-state index is 12.2. The standard InChI is InChI=1S/C16H20N2O3/c1-11(19)14-6-7-18(10-14)15(16(20)21-2)13-5-3-4-12(8-13)9-17/h3-5,8,11,14-15,19H,6-7,10H2,1-2H3. The average molecular weight is 288 g/mol. The first-order valence-electron chi connectivity index (χ1n) is 7.06. The number of carbonyl (C=O) groups excluding carboxylic acids is 1. The summed E-state index contributed by atoms with van der Waals surface area (Å²) >= 11 is 0. The topological polar surface area (TPSA) is 73.6 Å². The molecule has 0 aromatic heterocycles. The van der Waals surface area contributed by atoms with Gasteiger partial charge in [0, 0.05) is 6.54 Å². The second-order valence-electron chi connectivity index (χ2n) is 5.45. The Morgan fingerprint density at radius 3 is 2.90 bits per heavy atom. The van der Waals surface area contributed by atoms with Gasteiger partial charge in [-0.05, 0) is 43.5 Å². The van der Waals surface area contributed by atoms with Crippen LogP contribution in [-0.2, 0) is 9.53 Å². The van der Waals surface area contributed by atoms with E-state index in [0.717, 1.165) is 18.5 Å². The van der Waals surface area contributed by atoms with Crippen LogP contribution >= 0.6 is 0 Å². The third-order valence-electron chi connectivity index (χ3n) is 4.06. The van der Waals surface area contributed by atoms with Crippen LogP contribution in [0, 0.1) is 17.2 Å². The van der Waals surface area contributed by atoms with Crippen molar-refractivity contribution in [3.05, 3.63) is 35.4 Å². The van der Waals surface area contributed by atoms with Crippen LogP contribution in [0.25, 0.3) is 0 Å². The predicted molar refractivity (Wildman–Crippen MR) is 77.3 cm³/mol. The molecule has 1 N–H and O–H groups in total. The van der Waals surface area contributed by atoms with Crippen LogP contribution in [0.5, 0.6) is 0 Å². The Morgan fingerprint density at radius 1 is 1.57 bits per heavy atom. The third kappa shape index (κ3) is 3.41. The number of aliphatic hydroxyl groups is 1. The van der Waals surface area contributed by atoms with Crippen molar-refractivity contribution < 1.29 is 14.6 Å². The highest BCUT2D eigenvalue weighted by Crippen LogP contribution is 2.30. The molecule has 5 heteroatoms. The molecule has 1 aliphatic rings. The number of esters is 1. The van der Waals surface area contributed by atoms with Crippen molar-refractivity contribution in [1.29, 1.82) is 5.26 Å². The van der Waals surface area contributed by atoms with Crippen LogP contribution in [0.2, 0.25) is 0 Å². The van der Waals surface area contributed by atoms with E-state index in [0.29, 0.717) is 12.1 Å². The van der Waals surface area contributed by atoms with Gasteiger partial charge in [0.2, 0.25) is 0 Å². The van der Waals surface area contributed by atoms with Gasteiger partial charge >= 0.3 is 5.97 Å². The lowest BCUT2D eigenvalue weighted by atomic mass is 10.0. The Balaban J connectivity index is 2.27. The molecule has 0 saturated carbocycles. The minimum absolute atomic E-state index is 0.163. The molecule has 0 aliphatic carbocycles. The Labute approximate surface area is 124 Å². The number of hydrogen-bond donors (Lipinski definition) is 1. The average Bonchev–Trinajstić information content (AvgIpc) is 2.97. The van der Waals surface area contributed by atoms with Crippen LogP contribution < -0.4 is 0 Å². The van der Waals surface area contributed by atoms with Gasteiger partial charge in [-0.3, -0.25) is 4.90 Å². The van der Waals surface area contributed by atoms with Crippen molar-refractivity contribution >= 4 is 5.97 Å². The fourth-order valence-electron chi connectivity index (χ4n) is 2.83. The molecule has 2 rings (SSSR count). The summed E-state index contributed by atoms with van der Waals surface area (Å²) in [6.45, 7) is 3.15. The minimum Gasteiger partial charge on any atom is -0.468 e. The Bertz CT molecular complexity index is 551. The van der Waals surface area contributed by atoms with Crippen LogP contribution in [0.3, 0.4) is 0 Å². The van der Waals surface area contributed by atoms with E-state index in [-0.39, 0.29) is 11.9 Å². The molecule has 0 bridgehead atoms. The molecule has 0 spiro atoms. The summed E-state index contributed by atoms with van der Waals surface area (Å²) in [7, 11) is 1.37. The molecule has 0 amide bonds. The molecule has 1 heterocycles. The summed E-state index contributed by atoms with van der Waals surface area (Å²) in [5, 5.41) is 18.7. The van der Waals surface area contributed by atoms with Crippen LogP contribution in [0.4, 0.5) is 0 Å². The molecule has 21 heavy (non-hydrogen) atoms. The first kappa shape index (κ1) is 15.5. The number of nitrogens with zero attached hydrogens (tertiary/aromatic N) is 2. The number of ether oxygens (including phenoxy) is 1. The number of nitriles is 1. The summed E-state index contributed by atoms with van der Waals surface area (Å²) in [6.07, 6.45) is 0.460. The highest BCUT2D eigenvalue weighted by Gasteiger charge is 2.35. The van der Waals surface area contributed by atoms with Crippen molar-refractivity contribution in [2.45, 2.75) is 25.5 Å². The lowest BCUT2D eigenvalue weighted by molar-refractivity contribution is -0.147.